The molecule has 0 aliphatic carbocycles. The molecule has 0 unspecified atom stereocenters. The van der Waals surface area contributed by atoms with Crippen molar-refractivity contribution in [3.05, 3.63) is 170 Å². The molecule has 0 amide bonds. The molecule has 0 spiro atoms. The van der Waals surface area contributed by atoms with Crippen molar-refractivity contribution in [2.24, 2.45) is 0 Å². The molecule has 0 bridgehead atoms. The molecule has 4 nitrogen and oxygen atoms in total. The molecule has 50 heavy (non-hydrogen) atoms. The van der Waals surface area contributed by atoms with Gasteiger partial charge in [0, 0.05) is 53.3 Å². The van der Waals surface area contributed by atoms with Gasteiger partial charge < -0.3 is 4.57 Å². The highest BCUT2D eigenvalue weighted by Crippen LogP contribution is 2.43. The smallest absolute Gasteiger partial charge is 0.164 e. The summed E-state index contributed by atoms with van der Waals surface area (Å²) in [5.74, 6) is -0.628. The van der Waals surface area contributed by atoms with Gasteiger partial charge in [0.2, 0.25) is 0 Å². The highest BCUT2D eigenvalue weighted by molar-refractivity contribution is 7.26. The third-order valence-corrected chi connectivity index (χ3v) is 10.0. The fourth-order valence-corrected chi connectivity index (χ4v) is 7.89. The normalized spacial score (nSPS) is 14.4. The van der Waals surface area contributed by atoms with Gasteiger partial charge in [-0.3, -0.25) is 0 Å². The van der Waals surface area contributed by atoms with Crippen molar-refractivity contribution in [1.29, 1.82) is 0 Å². The molecule has 5 heteroatoms. The second-order valence-electron chi connectivity index (χ2n) is 11.7. The summed E-state index contributed by atoms with van der Waals surface area (Å²) >= 11 is 1.79. The van der Waals surface area contributed by atoms with E-state index in [4.69, 9.17) is 13.7 Å². The van der Waals surface area contributed by atoms with Gasteiger partial charge in [0.1, 0.15) is 0 Å². The monoisotopic (exact) mass is 666 g/mol. The van der Waals surface area contributed by atoms with E-state index in [1.54, 1.807) is 17.4 Å². The first-order chi connectivity index (χ1) is 28.9. The molecule has 234 valence electrons. The van der Waals surface area contributed by atoms with Gasteiger partial charge in [-0.2, -0.15) is 0 Å². The van der Waals surface area contributed by atoms with Crippen molar-refractivity contribution in [3.8, 4) is 51.0 Å². The molecule has 0 aliphatic heterocycles. The molecular weight excluding hydrogens is 629 g/mol. The van der Waals surface area contributed by atoms with Crippen LogP contribution in [0.25, 0.3) is 93.0 Å². The fourth-order valence-electron chi connectivity index (χ4n) is 6.63. The average molecular weight is 667 g/mol. The van der Waals surface area contributed by atoms with Crippen LogP contribution in [0.15, 0.2) is 170 Å². The van der Waals surface area contributed by atoms with E-state index in [1.807, 2.05) is 36.4 Å². The summed E-state index contributed by atoms with van der Waals surface area (Å²) in [4.78, 5) is 13.6. The van der Waals surface area contributed by atoms with Crippen LogP contribution in [0.2, 0.25) is 0 Å². The first kappa shape index (κ1) is 20.2. The second-order valence-corrected chi connectivity index (χ2v) is 12.8. The minimum atomic E-state index is -0.601. The summed E-state index contributed by atoms with van der Waals surface area (Å²) in [6.45, 7) is 0. The summed E-state index contributed by atoms with van der Waals surface area (Å²) in [5, 5.41) is 4.80. The van der Waals surface area contributed by atoms with E-state index in [1.165, 1.54) is 25.6 Å². The highest BCUT2D eigenvalue weighted by atomic mass is 32.1. The molecule has 10 rings (SSSR count). The quantitative estimate of drug-likeness (QED) is 0.184. The van der Waals surface area contributed by atoms with E-state index >= 15 is 0 Å². The molecule has 3 aromatic heterocycles. The van der Waals surface area contributed by atoms with Gasteiger partial charge >= 0.3 is 0 Å². The Hall–Kier alpha value is -6.43. The van der Waals surface area contributed by atoms with E-state index in [0.717, 1.165) is 33.2 Å². The van der Waals surface area contributed by atoms with Gasteiger partial charge in [0.15, 0.2) is 17.5 Å². The van der Waals surface area contributed by atoms with Gasteiger partial charge in [-0.15, -0.1) is 11.3 Å². The Balaban J connectivity index is 1.15. The lowest BCUT2D eigenvalue weighted by molar-refractivity contribution is 1.07. The maximum Gasteiger partial charge on any atom is 0.164 e. The van der Waals surface area contributed by atoms with Crippen molar-refractivity contribution in [2.45, 2.75) is 0 Å². The summed E-state index contributed by atoms with van der Waals surface area (Å²) in [7, 11) is 0. The molecule has 0 fully saturated rings. The Labute approximate surface area is 306 Å². The fraction of sp³-hybridized carbons (Fsp3) is 0. The molecule has 3 heterocycles. The molecule has 0 saturated carbocycles. The number of hydrogen-bond donors (Lipinski definition) is 0. The molecule has 0 saturated heterocycles. The van der Waals surface area contributed by atoms with E-state index in [-0.39, 0.29) is 28.6 Å². The molecule has 10 aromatic rings. The second kappa shape index (κ2) is 11.6. The largest absolute Gasteiger partial charge is 0.309 e. The molecular formula is C45H28N4S. The highest BCUT2D eigenvalue weighted by Gasteiger charge is 2.18. The van der Waals surface area contributed by atoms with Gasteiger partial charge in [-0.25, -0.2) is 15.0 Å². The van der Waals surface area contributed by atoms with Crippen LogP contribution in [-0.2, 0) is 0 Å². The van der Waals surface area contributed by atoms with Crippen LogP contribution in [-0.4, -0.2) is 19.5 Å². The van der Waals surface area contributed by atoms with E-state index in [2.05, 4.69) is 86.2 Å². The topological polar surface area (TPSA) is 43.6 Å². The van der Waals surface area contributed by atoms with Crippen LogP contribution in [0.3, 0.4) is 0 Å². The number of rotatable bonds is 5. The predicted octanol–water partition coefficient (Wildman–Crippen LogP) is 12.0. The standard InChI is InChI=1S/C45H28N4S/c1-3-13-29(14-4-1)43-46-44(30-15-5-2-6-16-30)48-45(47-43)33-19-11-17-31(27-33)32-18-12-20-34(28-32)49-38-23-9-7-22-37(38)41-39(49)26-25-36-35-21-8-10-24-40(35)50-42(36)41/h1-28H/i1D,2D,3D,4D,5D,6D,13D,14D,15D,16D. The molecule has 0 radical (unpaired) electrons. The maximum absolute atomic E-state index is 8.66. The molecule has 0 aliphatic rings. The van der Waals surface area contributed by atoms with Crippen molar-refractivity contribution in [2.75, 3.05) is 0 Å². The number of aromatic nitrogens is 4. The first-order valence-electron chi connectivity index (χ1n) is 20.9. The first-order valence-corrected chi connectivity index (χ1v) is 16.7. The van der Waals surface area contributed by atoms with E-state index in [0.29, 0.717) is 5.56 Å². The Morgan fingerprint density at radius 3 is 1.80 bits per heavy atom. The summed E-state index contributed by atoms with van der Waals surface area (Å²) in [6.07, 6.45) is 0. The Kier molecular flexibility index (Phi) is 4.69. The number of fused-ring (bicyclic) bond motifs is 7. The lowest BCUT2D eigenvalue weighted by atomic mass is 10.0. The van der Waals surface area contributed by atoms with Gasteiger partial charge in [-0.1, -0.05) is 133 Å². The van der Waals surface area contributed by atoms with Crippen molar-refractivity contribution < 1.29 is 13.7 Å². The summed E-state index contributed by atoms with van der Waals surface area (Å²) in [5.41, 5.74) is 4.55. The van der Waals surface area contributed by atoms with Crippen LogP contribution >= 0.6 is 11.3 Å². The zero-order chi connectivity index (χ0) is 41.7. The van der Waals surface area contributed by atoms with Crippen LogP contribution in [0, 0.1) is 0 Å². The van der Waals surface area contributed by atoms with E-state index < -0.39 is 60.4 Å². The van der Waals surface area contributed by atoms with Crippen LogP contribution in [0.1, 0.15) is 13.7 Å². The van der Waals surface area contributed by atoms with Crippen LogP contribution in [0.4, 0.5) is 0 Å². The zero-order valence-electron chi connectivity index (χ0n) is 36.1. The van der Waals surface area contributed by atoms with Crippen molar-refractivity contribution in [3.63, 3.8) is 0 Å². The van der Waals surface area contributed by atoms with Crippen LogP contribution in [0.5, 0.6) is 0 Å². The molecule has 7 aromatic carbocycles. The Morgan fingerprint density at radius 1 is 0.460 bits per heavy atom. The van der Waals surface area contributed by atoms with E-state index in [9.17, 15) is 0 Å². The Bertz CT molecular complexity index is 3330. The maximum atomic E-state index is 8.66. The predicted molar refractivity (Wildman–Crippen MR) is 209 cm³/mol. The lowest BCUT2D eigenvalue weighted by Crippen LogP contribution is -2.00. The van der Waals surface area contributed by atoms with Gasteiger partial charge in [0.05, 0.1) is 24.7 Å². The summed E-state index contributed by atoms with van der Waals surface area (Å²) < 4.78 is 88.8. The van der Waals surface area contributed by atoms with Crippen molar-refractivity contribution in [1.82, 2.24) is 19.5 Å². The molecule has 0 atom stereocenters. The van der Waals surface area contributed by atoms with Gasteiger partial charge in [-0.05, 0) is 47.5 Å². The third kappa shape index (κ3) is 4.71. The van der Waals surface area contributed by atoms with Crippen LogP contribution < -0.4 is 0 Å². The van der Waals surface area contributed by atoms with Gasteiger partial charge in [0.25, 0.3) is 0 Å². The average Bonchev–Trinajstić information content (AvgIpc) is 3.82. The Morgan fingerprint density at radius 2 is 1.06 bits per heavy atom. The minimum Gasteiger partial charge on any atom is -0.309 e. The number of hydrogen-bond acceptors (Lipinski definition) is 4. The number of nitrogens with zero attached hydrogens (tertiary/aromatic N) is 4. The number of para-hydroxylation sites is 1. The summed E-state index contributed by atoms with van der Waals surface area (Å²) in [6, 6.07) is 30.9. The SMILES string of the molecule is [2H]c1c([2H])c([2H])c(-c2nc(-c3cccc(-c4cccc(-n5c6ccccc6c6c7sc8ccccc8c7ccc65)c4)c3)nc(-c3c([2H])c([2H])c([2H])c([2H])c3[2H])n2)c([2H])c1[2H]. The number of thiophene rings is 1. The lowest BCUT2D eigenvalue weighted by Gasteiger charge is -2.12. The molecule has 0 N–H and O–H groups in total. The van der Waals surface area contributed by atoms with Crippen molar-refractivity contribution >= 4 is 53.3 Å². The zero-order valence-corrected chi connectivity index (χ0v) is 26.9. The third-order valence-electron chi connectivity index (χ3n) is 8.82. The minimum absolute atomic E-state index is 0.00127. The number of benzene rings is 7.